The van der Waals surface area contributed by atoms with Gasteiger partial charge in [0.05, 0.1) is 11.6 Å². The quantitative estimate of drug-likeness (QED) is 0.811. The predicted octanol–water partition coefficient (Wildman–Crippen LogP) is 4.46. The first-order chi connectivity index (χ1) is 13.3. The molecule has 4 rings (SSSR count). The fourth-order valence-corrected chi connectivity index (χ4v) is 3.55. The average molecular weight is 391 g/mol. The van der Waals surface area contributed by atoms with Gasteiger partial charge in [0.1, 0.15) is 5.75 Å². The molecule has 2 heterocycles. The lowest BCUT2D eigenvalue weighted by atomic mass is 10.1. The molecule has 0 aromatic heterocycles. The van der Waals surface area contributed by atoms with Gasteiger partial charge in [0.2, 0.25) is 0 Å². The second-order valence-corrected chi connectivity index (χ2v) is 7.15. The van der Waals surface area contributed by atoms with E-state index in [4.69, 9.17) is 4.74 Å². The summed E-state index contributed by atoms with van der Waals surface area (Å²) in [7, 11) is 0. The van der Waals surface area contributed by atoms with Crippen LogP contribution in [0.3, 0.4) is 0 Å². The molecule has 2 aromatic rings. The third-order valence-corrected chi connectivity index (χ3v) is 5.12. The van der Waals surface area contributed by atoms with E-state index in [0.717, 1.165) is 22.6 Å². The second kappa shape index (κ2) is 6.92. The number of halogens is 3. The van der Waals surface area contributed by atoms with E-state index in [1.807, 2.05) is 31.2 Å². The van der Waals surface area contributed by atoms with Crippen molar-refractivity contribution in [3.8, 4) is 5.75 Å². The summed E-state index contributed by atoms with van der Waals surface area (Å²) in [5.41, 5.74) is 4.01. The molecule has 0 aliphatic carbocycles. The third-order valence-electron chi connectivity index (χ3n) is 5.12. The van der Waals surface area contributed by atoms with Crippen LogP contribution in [0.15, 0.2) is 36.4 Å². The highest BCUT2D eigenvalue weighted by Gasteiger charge is 2.43. The van der Waals surface area contributed by atoms with Gasteiger partial charge in [-0.2, -0.15) is 13.2 Å². The molecule has 5 nitrogen and oxygen atoms in total. The lowest BCUT2D eigenvalue weighted by Gasteiger charge is -2.22. The molecule has 28 heavy (non-hydrogen) atoms. The van der Waals surface area contributed by atoms with Gasteiger partial charge in [-0.15, -0.1) is 0 Å². The Labute approximate surface area is 160 Å². The van der Waals surface area contributed by atoms with Crippen molar-refractivity contribution in [2.24, 2.45) is 5.92 Å². The number of alkyl halides is 3. The van der Waals surface area contributed by atoms with Crippen LogP contribution >= 0.6 is 0 Å². The van der Waals surface area contributed by atoms with Crippen LogP contribution in [0, 0.1) is 12.8 Å². The minimum absolute atomic E-state index is 0.00357. The molecule has 0 radical (unpaired) electrons. The molecule has 2 aromatic carbocycles. The molecule has 1 unspecified atom stereocenters. The molecular formula is C20H20F3N3O2. The Bertz CT molecular complexity index is 914. The lowest BCUT2D eigenvalue weighted by Crippen LogP contribution is -2.27. The normalized spacial score (nSPS) is 19.1. The third kappa shape index (κ3) is 3.72. The number of rotatable bonds is 3. The fourth-order valence-electron chi connectivity index (χ4n) is 3.55. The zero-order valence-corrected chi connectivity index (χ0v) is 15.3. The van der Waals surface area contributed by atoms with Gasteiger partial charge in [-0.25, -0.2) is 0 Å². The predicted molar refractivity (Wildman–Crippen MR) is 101 cm³/mol. The number of hydrogen-bond acceptors (Lipinski definition) is 4. The minimum Gasteiger partial charge on any atom is -0.482 e. The van der Waals surface area contributed by atoms with Crippen molar-refractivity contribution in [2.75, 3.05) is 35.2 Å². The van der Waals surface area contributed by atoms with E-state index in [0.29, 0.717) is 18.0 Å². The second-order valence-electron chi connectivity index (χ2n) is 7.15. The number of fused-ring (bicyclic) bond motifs is 1. The SMILES string of the molecule is Cc1cc(N2CCC(C(F)(F)F)C2)ccc1Nc1ccc2c(c1)OCC(=O)N2. The highest BCUT2D eigenvalue weighted by Crippen LogP contribution is 2.37. The number of hydrogen-bond donors (Lipinski definition) is 2. The maximum atomic E-state index is 12.9. The molecule has 0 spiro atoms. The van der Waals surface area contributed by atoms with Crippen molar-refractivity contribution in [3.63, 3.8) is 0 Å². The number of carbonyl (C=O) groups excluding carboxylic acids is 1. The maximum Gasteiger partial charge on any atom is 0.393 e. The molecule has 2 aliphatic heterocycles. The molecular weight excluding hydrogens is 371 g/mol. The van der Waals surface area contributed by atoms with E-state index < -0.39 is 12.1 Å². The largest absolute Gasteiger partial charge is 0.482 e. The Kier molecular flexibility index (Phi) is 4.56. The Balaban J connectivity index is 1.48. The summed E-state index contributed by atoms with van der Waals surface area (Å²) in [6.45, 7) is 2.31. The van der Waals surface area contributed by atoms with E-state index in [9.17, 15) is 18.0 Å². The topological polar surface area (TPSA) is 53.6 Å². The molecule has 0 saturated carbocycles. The van der Waals surface area contributed by atoms with Crippen molar-refractivity contribution in [2.45, 2.75) is 19.5 Å². The molecule has 2 aliphatic rings. The summed E-state index contributed by atoms with van der Waals surface area (Å²) < 4.78 is 44.1. The Morgan fingerprint density at radius 1 is 1.21 bits per heavy atom. The average Bonchev–Trinajstić information content (AvgIpc) is 3.14. The van der Waals surface area contributed by atoms with Crippen molar-refractivity contribution in [1.82, 2.24) is 0 Å². The van der Waals surface area contributed by atoms with E-state index >= 15 is 0 Å². The molecule has 148 valence electrons. The summed E-state index contributed by atoms with van der Waals surface area (Å²) in [5, 5.41) is 6.03. The van der Waals surface area contributed by atoms with E-state index in [-0.39, 0.29) is 25.5 Å². The number of benzene rings is 2. The molecule has 1 saturated heterocycles. The number of amides is 1. The monoisotopic (exact) mass is 391 g/mol. The van der Waals surface area contributed by atoms with E-state index in [1.165, 1.54) is 0 Å². The van der Waals surface area contributed by atoms with Gasteiger partial charge < -0.3 is 20.3 Å². The Hall–Kier alpha value is -2.90. The highest BCUT2D eigenvalue weighted by molar-refractivity contribution is 5.95. The van der Waals surface area contributed by atoms with Gasteiger partial charge in [0, 0.05) is 36.2 Å². The van der Waals surface area contributed by atoms with Crippen LogP contribution in [-0.2, 0) is 4.79 Å². The van der Waals surface area contributed by atoms with Crippen LogP contribution in [0.1, 0.15) is 12.0 Å². The first-order valence-electron chi connectivity index (χ1n) is 9.05. The van der Waals surface area contributed by atoms with Gasteiger partial charge in [-0.1, -0.05) is 0 Å². The van der Waals surface area contributed by atoms with Crippen molar-refractivity contribution in [3.05, 3.63) is 42.0 Å². The van der Waals surface area contributed by atoms with Crippen LogP contribution in [0.4, 0.5) is 35.9 Å². The molecule has 0 bridgehead atoms. The summed E-state index contributed by atoms with van der Waals surface area (Å²) in [6, 6.07) is 11.0. The fraction of sp³-hybridized carbons (Fsp3) is 0.350. The molecule has 1 fully saturated rings. The Morgan fingerprint density at radius 2 is 2.04 bits per heavy atom. The van der Waals surface area contributed by atoms with E-state index in [2.05, 4.69) is 10.6 Å². The van der Waals surface area contributed by atoms with Gasteiger partial charge in [0.15, 0.2) is 6.61 Å². The summed E-state index contributed by atoms with van der Waals surface area (Å²) >= 11 is 0. The van der Waals surface area contributed by atoms with Crippen LogP contribution in [0.5, 0.6) is 5.75 Å². The first-order valence-corrected chi connectivity index (χ1v) is 9.05. The number of carbonyl (C=O) groups is 1. The van der Waals surface area contributed by atoms with Crippen LogP contribution in [0.25, 0.3) is 0 Å². The van der Waals surface area contributed by atoms with Crippen molar-refractivity contribution >= 4 is 28.7 Å². The molecule has 2 N–H and O–H groups in total. The van der Waals surface area contributed by atoms with Crippen LogP contribution in [0.2, 0.25) is 0 Å². The maximum absolute atomic E-state index is 12.9. The smallest absolute Gasteiger partial charge is 0.393 e. The Morgan fingerprint density at radius 3 is 2.75 bits per heavy atom. The zero-order chi connectivity index (χ0) is 19.9. The zero-order valence-electron chi connectivity index (χ0n) is 15.3. The lowest BCUT2D eigenvalue weighted by molar-refractivity contribution is -0.168. The molecule has 1 atom stereocenters. The number of ether oxygens (including phenoxy) is 1. The van der Waals surface area contributed by atoms with Gasteiger partial charge >= 0.3 is 6.18 Å². The van der Waals surface area contributed by atoms with E-state index in [1.54, 1.807) is 17.0 Å². The van der Waals surface area contributed by atoms with Crippen LogP contribution in [-0.4, -0.2) is 31.8 Å². The van der Waals surface area contributed by atoms with Crippen molar-refractivity contribution in [1.29, 1.82) is 0 Å². The minimum atomic E-state index is -4.14. The van der Waals surface area contributed by atoms with Crippen LogP contribution < -0.4 is 20.3 Å². The summed E-state index contributed by atoms with van der Waals surface area (Å²) in [4.78, 5) is 13.1. The summed E-state index contributed by atoms with van der Waals surface area (Å²) in [6.07, 6.45) is -4.01. The summed E-state index contributed by atoms with van der Waals surface area (Å²) in [5.74, 6) is -0.856. The van der Waals surface area contributed by atoms with Gasteiger partial charge in [0.25, 0.3) is 5.91 Å². The number of nitrogens with zero attached hydrogens (tertiary/aromatic N) is 1. The van der Waals surface area contributed by atoms with Crippen molar-refractivity contribution < 1.29 is 22.7 Å². The number of nitrogens with one attached hydrogen (secondary N) is 2. The first kappa shape index (κ1) is 18.5. The number of aryl methyl sites for hydroxylation is 1. The molecule has 1 amide bonds. The van der Waals surface area contributed by atoms with Gasteiger partial charge in [-0.3, -0.25) is 4.79 Å². The number of anilines is 4. The standard InChI is InChI=1S/C20H20F3N3O2/c1-12-8-15(26-7-6-13(10-26)20(21,22)23)3-5-16(12)24-14-2-4-17-18(9-14)28-11-19(27)25-17/h2-5,8-9,13,24H,6-7,10-11H2,1H3,(H,25,27). The molecule has 8 heteroatoms. The highest BCUT2D eigenvalue weighted by atomic mass is 19.4. The van der Waals surface area contributed by atoms with Gasteiger partial charge in [-0.05, 0) is 49.2 Å².